The van der Waals surface area contributed by atoms with Gasteiger partial charge >= 0.3 is 0 Å². The van der Waals surface area contributed by atoms with Gasteiger partial charge < -0.3 is 16.3 Å². The zero-order valence-corrected chi connectivity index (χ0v) is 12.3. The van der Waals surface area contributed by atoms with Gasteiger partial charge in [0, 0.05) is 18.8 Å². The first-order valence-corrected chi connectivity index (χ1v) is 7.17. The number of aromatic nitrogens is 1. The molecule has 0 aromatic carbocycles. The average Bonchev–Trinajstić information content (AvgIpc) is 2.45. The Morgan fingerprint density at radius 2 is 2.20 bits per heavy atom. The van der Waals surface area contributed by atoms with Crippen LogP contribution >= 0.6 is 0 Å². The van der Waals surface area contributed by atoms with Crippen molar-refractivity contribution in [2.45, 2.75) is 52.1 Å². The van der Waals surface area contributed by atoms with Crippen LogP contribution in [0.1, 0.15) is 50.8 Å². The summed E-state index contributed by atoms with van der Waals surface area (Å²) in [6.07, 6.45) is 6.56. The number of amidine groups is 1. The van der Waals surface area contributed by atoms with Gasteiger partial charge in [-0.25, -0.2) is 0 Å². The summed E-state index contributed by atoms with van der Waals surface area (Å²) >= 11 is 0. The van der Waals surface area contributed by atoms with Gasteiger partial charge in [-0.3, -0.25) is 4.98 Å². The highest BCUT2D eigenvalue weighted by molar-refractivity contribution is 5.96. The van der Waals surface area contributed by atoms with Crippen LogP contribution in [-0.2, 0) is 6.54 Å². The number of rotatable bonds is 4. The fourth-order valence-corrected chi connectivity index (χ4v) is 2.72. The molecular formula is C15H24N4O. The maximum Gasteiger partial charge on any atom is 0.189 e. The summed E-state index contributed by atoms with van der Waals surface area (Å²) in [4.78, 5) is 4.18. The van der Waals surface area contributed by atoms with Gasteiger partial charge in [0.2, 0.25) is 0 Å². The highest BCUT2D eigenvalue weighted by atomic mass is 16.4. The molecular weight excluding hydrogens is 252 g/mol. The lowest BCUT2D eigenvalue weighted by atomic mass is 9.75. The zero-order valence-electron chi connectivity index (χ0n) is 12.3. The Hall–Kier alpha value is -1.62. The second kappa shape index (κ2) is 6.22. The van der Waals surface area contributed by atoms with Crippen molar-refractivity contribution in [2.75, 3.05) is 0 Å². The predicted octanol–water partition coefficient (Wildman–Crippen LogP) is 2.23. The van der Waals surface area contributed by atoms with E-state index in [0.717, 1.165) is 5.56 Å². The standard InChI is InChI=1S/C15H24N4O/c1-15(2)7-5-12(6-8-15)18-10-11-4-3-9-17-13(11)14(16)19-20/h3-4,9,12,18,20H,5-8,10H2,1-2H3,(H2,16,19). The SMILES string of the molecule is CC1(C)CCC(NCc2cccnc2C(N)=NO)CC1. The Morgan fingerprint density at radius 3 is 2.85 bits per heavy atom. The van der Waals surface area contributed by atoms with Crippen molar-refractivity contribution in [1.29, 1.82) is 0 Å². The molecule has 0 spiro atoms. The largest absolute Gasteiger partial charge is 0.409 e. The van der Waals surface area contributed by atoms with Crippen LogP contribution in [0.3, 0.4) is 0 Å². The van der Waals surface area contributed by atoms with Gasteiger partial charge in [-0.2, -0.15) is 0 Å². The normalized spacial score (nSPS) is 20.0. The third-order valence-corrected chi connectivity index (χ3v) is 4.16. The second-order valence-electron chi connectivity index (χ2n) is 6.32. The molecule has 0 saturated heterocycles. The molecule has 1 fully saturated rings. The van der Waals surface area contributed by atoms with E-state index < -0.39 is 0 Å². The Labute approximate surface area is 120 Å². The van der Waals surface area contributed by atoms with Crippen LogP contribution in [0.5, 0.6) is 0 Å². The number of nitrogens with two attached hydrogens (primary N) is 1. The Kier molecular flexibility index (Phi) is 4.60. The molecule has 1 saturated carbocycles. The van der Waals surface area contributed by atoms with E-state index in [1.165, 1.54) is 25.7 Å². The van der Waals surface area contributed by atoms with Crippen LogP contribution in [0.15, 0.2) is 23.5 Å². The lowest BCUT2D eigenvalue weighted by Crippen LogP contribution is -2.35. The minimum absolute atomic E-state index is 0.0622. The molecule has 1 heterocycles. The number of nitrogens with zero attached hydrogens (tertiary/aromatic N) is 2. The second-order valence-corrected chi connectivity index (χ2v) is 6.32. The van der Waals surface area contributed by atoms with Crippen LogP contribution in [0.2, 0.25) is 0 Å². The van der Waals surface area contributed by atoms with E-state index in [1.807, 2.05) is 12.1 Å². The Balaban J connectivity index is 1.95. The molecule has 0 unspecified atom stereocenters. The van der Waals surface area contributed by atoms with Gasteiger partial charge in [0.25, 0.3) is 0 Å². The minimum atomic E-state index is 0.0622. The van der Waals surface area contributed by atoms with Crippen molar-refractivity contribution < 1.29 is 5.21 Å². The molecule has 1 aliphatic carbocycles. The molecule has 0 aliphatic heterocycles. The minimum Gasteiger partial charge on any atom is -0.409 e. The molecule has 4 N–H and O–H groups in total. The zero-order chi connectivity index (χ0) is 14.6. The molecule has 5 heteroatoms. The molecule has 110 valence electrons. The lowest BCUT2D eigenvalue weighted by Gasteiger charge is -2.34. The summed E-state index contributed by atoms with van der Waals surface area (Å²) < 4.78 is 0. The van der Waals surface area contributed by atoms with Gasteiger partial charge in [-0.15, -0.1) is 0 Å². The van der Waals surface area contributed by atoms with Crippen molar-refractivity contribution in [2.24, 2.45) is 16.3 Å². The summed E-state index contributed by atoms with van der Waals surface area (Å²) in [5, 5.41) is 15.4. The molecule has 2 rings (SSSR count). The van der Waals surface area contributed by atoms with Crippen molar-refractivity contribution in [3.8, 4) is 0 Å². The smallest absolute Gasteiger partial charge is 0.189 e. The molecule has 5 nitrogen and oxygen atoms in total. The summed E-state index contributed by atoms with van der Waals surface area (Å²) in [6.45, 7) is 5.37. The Morgan fingerprint density at radius 1 is 1.50 bits per heavy atom. The van der Waals surface area contributed by atoms with Gasteiger partial charge in [-0.05, 0) is 42.7 Å². The number of oxime groups is 1. The lowest BCUT2D eigenvalue weighted by molar-refractivity contribution is 0.206. The van der Waals surface area contributed by atoms with E-state index in [4.69, 9.17) is 10.9 Å². The quantitative estimate of drug-likeness (QED) is 0.341. The highest BCUT2D eigenvalue weighted by Crippen LogP contribution is 2.35. The van der Waals surface area contributed by atoms with E-state index in [1.54, 1.807) is 6.20 Å². The predicted molar refractivity (Wildman–Crippen MR) is 79.6 cm³/mol. The fourth-order valence-electron chi connectivity index (χ4n) is 2.72. The van der Waals surface area contributed by atoms with E-state index in [0.29, 0.717) is 23.7 Å². The van der Waals surface area contributed by atoms with Gasteiger partial charge in [0.1, 0.15) is 5.69 Å². The first kappa shape index (κ1) is 14.8. The number of hydrogen-bond donors (Lipinski definition) is 3. The van der Waals surface area contributed by atoms with E-state index in [2.05, 4.69) is 29.3 Å². The van der Waals surface area contributed by atoms with E-state index in [-0.39, 0.29) is 5.84 Å². The first-order chi connectivity index (χ1) is 9.52. The number of nitrogens with one attached hydrogen (secondary N) is 1. The third kappa shape index (κ3) is 3.70. The molecule has 1 aliphatic rings. The van der Waals surface area contributed by atoms with E-state index >= 15 is 0 Å². The van der Waals surface area contributed by atoms with Gasteiger partial charge in [0.15, 0.2) is 5.84 Å². The number of pyridine rings is 1. The third-order valence-electron chi connectivity index (χ3n) is 4.16. The molecule has 20 heavy (non-hydrogen) atoms. The van der Waals surface area contributed by atoms with E-state index in [9.17, 15) is 0 Å². The fraction of sp³-hybridized carbons (Fsp3) is 0.600. The average molecular weight is 276 g/mol. The van der Waals surface area contributed by atoms with Crippen molar-refractivity contribution in [3.63, 3.8) is 0 Å². The molecule has 0 atom stereocenters. The maximum atomic E-state index is 8.79. The van der Waals surface area contributed by atoms with Gasteiger partial charge in [-0.1, -0.05) is 25.1 Å². The van der Waals surface area contributed by atoms with Crippen LogP contribution < -0.4 is 11.1 Å². The van der Waals surface area contributed by atoms with Crippen molar-refractivity contribution in [3.05, 3.63) is 29.6 Å². The Bertz CT molecular complexity index is 475. The summed E-state index contributed by atoms with van der Waals surface area (Å²) in [5.41, 5.74) is 7.65. The summed E-state index contributed by atoms with van der Waals surface area (Å²) in [7, 11) is 0. The molecule has 0 bridgehead atoms. The van der Waals surface area contributed by atoms with Crippen molar-refractivity contribution in [1.82, 2.24) is 10.3 Å². The van der Waals surface area contributed by atoms with Crippen LogP contribution in [-0.4, -0.2) is 22.1 Å². The molecule has 0 amide bonds. The molecule has 1 aromatic rings. The maximum absolute atomic E-state index is 8.79. The van der Waals surface area contributed by atoms with Gasteiger partial charge in [0.05, 0.1) is 0 Å². The highest BCUT2D eigenvalue weighted by Gasteiger charge is 2.26. The topological polar surface area (TPSA) is 83.5 Å². The van der Waals surface area contributed by atoms with Crippen LogP contribution in [0.25, 0.3) is 0 Å². The first-order valence-electron chi connectivity index (χ1n) is 7.17. The molecule has 0 radical (unpaired) electrons. The summed E-state index contributed by atoms with van der Waals surface area (Å²) in [5.74, 6) is 0.0622. The number of hydrogen-bond acceptors (Lipinski definition) is 4. The van der Waals surface area contributed by atoms with Crippen LogP contribution in [0, 0.1) is 5.41 Å². The monoisotopic (exact) mass is 276 g/mol. The van der Waals surface area contributed by atoms with Crippen LogP contribution in [0.4, 0.5) is 0 Å². The van der Waals surface area contributed by atoms with Crippen molar-refractivity contribution >= 4 is 5.84 Å². The molecule has 1 aromatic heterocycles. The summed E-state index contributed by atoms with van der Waals surface area (Å²) in [6, 6.07) is 4.37.